The highest BCUT2D eigenvalue weighted by molar-refractivity contribution is 5.94. The molecule has 0 aliphatic rings. The molecule has 0 heterocycles. The summed E-state index contributed by atoms with van der Waals surface area (Å²) in [5.41, 5.74) is 9.27. The van der Waals surface area contributed by atoms with E-state index in [1.165, 1.54) is 0 Å². The van der Waals surface area contributed by atoms with Gasteiger partial charge in [0.05, 0.1) is 13.2 Å². The third-order valence-electron chi connectivity index (χ3n) is 6.56. The number of ether oxygens (including phenoxy) is 1. The summed E-state index contributed by atoms with van der Waals surface area (Å²) in [6, 6.07) is 26.9. The first kappa shape index (κ1) is 32.7. The van der Waals surface area contributed by atoms with Crippen molar-refractivity contribution >= 4 is 30.0 Å². The Morgan fingerprint density at radius 2 is 1.43 bits per heavy atom. The van der Waals surface area contributed by atoms with E-state index in [1.807, 2.05) is 79.7 Å². The van der Waals surface area contributed by atoms with E-state index < -0.39 is 6.10 Å². The first-order chi connectivity index (χ1) is 18.9. The van der Waals surface area contributed by atoms with Gasteiger partial charge in [-0.1, -0.05) is 79.7 Å². The molecule has 0 aromatic heterocycles. The molecule has 0 aliphatic heterocycles. The second kappa shape index (κ2) is 17.9. The second-order valence-electron chi connectivity index (χ2n) is 9.81. The van der Waals surface area contributed by atoms with Crippen LogP contribution in [0.25, 0.3) is 0 Å². The van der Waals surface area contributed by atoms with E-state index in [0.717, 1.165) is 16.7 Å². The number of amides is 2. The van der Waals surface area contributed by atoms with E-state index in [2.05, 4.69) is 10.6 Å². The minimum atomic E-state index is -0.614. The van der Waals surface area contributed by atoms with Gasteiger partial charge in [0, 0.05) is 25.1 Å². The van der Waals surface area contributed by atoms with Crippen molar-refractivity contribution in [3.63, 3.8) is 0 Å². The van der Waals surface area contributed by atoms with Gasteiger partial charge in [-0.05, 0) is 54.0 Å². The molecule has 40 heavy (non-hydrogen) atoms. The van der Waals surface area contributed by atoms with E-state index in [0.29, 0.717) is 44.5 Å². The fourth-order valence-corrected chi connectivity index (χ4v) is 4.17. The van der Waals surface area contributed by atoms with Crippen LogP contribution in [0.4, 0.5) is 0 Å². The number of aryl methyl sites for hydroxylation is 1. The second-order valence-corrected chi connectivity index (χ2v) is 9.81. The Kier molecular flexibility index (Phi) is 14.7. The lowest BCUT2D eigenvalue weighted by molar-refractivity contribution is -0.133. The minimum Gasteiger partial charge on any atom is -0.366 e. The Morgan fingerprint density at radius 3 is 2.05 bits per heavy atom. The molecular weight excluding hydrogens is 526 g/mol. The summed E-state index contributed by atoms with van der Waals surface area (Å²) in [7, 11) is 0. The summed E-state index contributed by atoms with van der Waals surface area (Å²) in [4.78, 5) is 37.8. The van der Waals surface area contributed by atoms with Crippen molar-refractivity contribution in [3.8, 4) is 0 Å². The van der Waals surface area contributed by atoms with E-state index in [-0.39, 0.29) is 48.9 Å². The van der Waals surface area contributed by atoms with Crippen molar-refractivity contribution in [2.45, 2.75) is 51.9 Å². The van der Waals surface area contributed by atoms with Crippen molar-refractivity contribution in [3.05, 3.63) is 107 Å². The fourth-order valence-electron chi connectivity index (χ4n) is 4.17. The van der Waals surface area contributed by atoms with Crippen LogP contribution in [0.5, 0.6) is 0 Å². The van der Waals surface area contributed by atoms with Crippen LogP contribution in [0.1, 0.15) is 53.2 Å². The van der Waals surface area contributed by atoms with Gasteiger partial charge < -0.3 is 21.1 Å². The number of halogens is 1. The number of benzene rings is 3. The smallest absolute Gasteiger partial charge is 0.251 e. The Balaban J connectivity index is 0.00000560. The molecule has 3 aromatic rings. The summed E-state index contributed by atoms with van der Waals surface area (Å²) in [6.07, 6.45) is 1.55. The maximum atomic E-state index is 13.0. The molecule has 4 N–H and O–H groups in total. The normalized spacial score (nSPS) is 12.1. The molecule has 3 aromatic carbocycles. The third-order valence-corrected chi connectivity index (χ3v) is 6.56. The average molecular weight is 566 g/mol. The Hall–Kier alpha value is -3.52. The SMILES string of the molecule is CC(CCNC(=O)c1ccc(CN)cc1)CC(=O)NCC(=O)C(CCc1ccccc1)OCc1ccccc1.Cl. The van der Waals surface area contributed by atoms with Gasteiger partial charge in [-0.25, -0.2) is 0 Å². The zero-order valence-corrected chi connectivity index (χ0v) is 23.8. The van der Waals surface area contributed by atoms with E-state index in [4.69, 9.17) is 10.5 Å². The molecule has 0 saturated carbocycles. The molecule has 8 heteroatoms. The first-order valence-electron chi connectivity index (χ1n) is 13.5. The van der Waals surface area contributed by atoms with Crippen LogP contribution < -0.4 is 16.4 Å². The van der Waals surface area contributed by atoms with Gasteiger partial charge in [-0.2, -0.15) is 0 Å². The van der Waals surface area contributed by atoms with Crippen LogP contribution in [0, 0.1) is 5.92 Å². The van der Waals surface area contributed by atoms with Crippen LogP contribution in [-0.4, -0.2) is 36.8 Å². The van der Waals surface area contributed by atoms with Gasteiger partial charge in [0.15, 0.2) is 5.78 Å². The number of nitrogens with two attached hydrogens (primary N) is 1. The highest BCUT2D eigenvalue weighted by atomic mass is 35.5. The number of carbonyl (C=O) groups is 3. The van der Waals surface area contributed by atoms with Gasteiger partial charge in [0.2, 0.25) is 5.91 Å². The van der Waals surface area contributed by atoms with Gasteiger partial charge in [0.25, 0.3) is 5.91 Å². The lowest BCUT2D eigenvalue weighted by atomic mass is 10.0. The maximum Gasteiger partial charge on any atom is 0.251 e. The molecule has 7 nitrogen and oxygen atoms in total. The number of nitrogens with one attached hydrogen (secondary N) is 2. The molecule has 214 valence electrons. The van der Waals surface area contributed by atoms with Crippen molar-refractivity contribution in [2.24, 2.45) is 11.7 Å². The molecular formula is C32H40ClN3O4. The van der Waals surface area contributed by atoms with Crippen molar-refractivity contribution in [2.75, 3.05) is 13.1 Å². The van der Waals surface area contributed by atoms with Crippen LogP contribution in [-0.2, 0) is 33.9 Å². The predicted molar refractivity (Wildman–Crippen MR) is 160 cm³/mol. The zero-order chi connectivity index (χ0) is 27.9. The van der Waals surface area contributed by atoms with Gasteiger partial charge in [-0.3, -0.25) is 14.4 Å². The molecule has 0 fully saturated rings. The molecule has 2 atom stereocenters. The summed E-state index contributed by atoms with van der Waals surface area (Å²) >= 11 is 0. The molecule has 2 amide bonds. The topological polar surface area (TPSA) is 111 Å². The highest BCUT2D eigenvalue weighted by Crippen LogP contribution is 2.12. The molecule has 0 radical (unpaired) electrons. The van der Waals surface area contributed by atoms with Crippen molar-refractivity contribution in [1.29, 1.82) is 0 Å². The lowest BCUT2D eigenvalue weighted by Crippen LogP contribution is -2.37. The monoisotopic (exact) mass is 565 g/mol. The minimum absolute atomic E-state index is 0. The maximum absolute atomic E-state index is 13.0. The van der Waals surface area contributed by atoms with Gasteiger partial charge in [-0.15, -0.1) is 12.4 Å². The van der Waals surface area contributed by atoms with Gasteiger partial charge in [0.1, 0.15) is 6.10 Å². The Bertz CT molecular complexity index is 1130. The summed E-state index contributed by atoms with van der Waals surface area (Å²) < 4.78 is 6.00. The number of hydrogen-bond acceptors (Lipinski definition) is 5. The van der Waals surface area contributed by atoms with E-state index >= 15 is 0 Å². The van der Waals surface area contributed by atoms with E-state index in [9.17, 15) is 14.4 Å². The Labute approximate surface area is 243 Å². The number of hydrogen-bond donors (Lipinski definition) is 3. The largest absolute Gasteiger partial charge is 0.366 e. The molecule has 0 aliphatic carbocycles. The number of rotatable bonds is 16. The summed E-state index contributed by atoms with van der Waals surface area (Å²) in [5.74, 6) is -0.443. The molecule has 2 unspecified atom stereocenters. The predicted octanol–water partition coefficient (Wildman–Crippen LogP) is 4.62. The molecule has 0 bridgehead atoms. The van der Waals surface area contributed by atoms with E-state index in [1.54, 1.807) is 12.1 Å². The average Bonchev–Trinajstić information content (AvgIpc) is 2.97. The number of carbonyl (C=O) groups excluding carboxylic acids is 3. The molecule has 3 rings (SSSR count). The fraction of sp³-hybridized carbons (Fsp3) is 0.344. The van der Waals surface area contributed by atoms with Crippen LogP contribution >= 0.6 is 12.4 Å². The van der Waals surface area contributed by atoms with Gasteiger partial charge >= 0.3 is 0 Å². The highest BCUT2D eigenvalue weighted by Gasteiger charge is 2.20. The summed E-state index contributed by atoms with van der Waals surface area (Å²) in [5, 5.41) is 5.65. The zero-order valence-electron chi connectivity index (χ0n) is 23.0. The molecule has 0 spiro atoms. The first-order valence-corrected chi connectivity index (χ1v) is 13.5. The van der Waals surface area contributed by atoms with Crippen LogP contribution in [0.15, 0.2) is 84.9 Å². The van der Waals surface area contributed by atoms with Crippen LogP contribution in [0.3, 0.4) is 0 Å². The number of Topliss-reactive ketones (excluding diaryl/α,β-unsaturated/α-hetero) is 1. The third kappa shape index (κ3) is 11.7. The quantitative estimate of drug-likeness (QED) is 0.235. The lowest BCUT2D eigenvalue weighted by Gasteiger charge is -2.18. The summed E-state index contributed by atoms with van der Waals surface area (Å²) in [6.45, 7) is 3.10. The Morgan fingerprint density at radius 1 is 0.800 bits per heavy atom. The van der Waals surface area contributed by atoms with Crippen molar-refractivity contribution in [1.82, 2.24) is 10.6 Å². The standard InChI is InChI=1S/C32H39N3O4.ClH/c1-24(18-19-34-32(38)28-15-12-26(21-33)13-16-28)20-31(37)35-22-29(36)30(17-14-25-8-4-2-5-9-25)39-23-27-10-6-3-7-11-27;/h2-13,15-16,24,30H,14,17-23,33H2,1H3,(H,34,38)(H,35,37);1H. The number of ketones is 1. The van der Waals surface area contributed by atoms with Crippen molar-refractivity contribution < 1.29 is 19.1 Å². The van der Waals surface area contributed by atoms with Crippen LogP contribution in [0.2, 0.25) is 0 Å². The molecule has 0 saturated heterocycles.